The average molecular weight is 1550 g/mol. The first kappa shape index (κ1) is 72.9. The molecule has 0 spiro atoms. The van der Waals surface area contributed by atoms with Crippen LogP contribution >= 0.6 is 0 Å². The van der Waals surface area contributed by atoms with E-state index in [0.717, 1.165) is 145 Å². The van der Waals surface area contributed by atoms with Crippen molar-refractivity contribution in [3.05, 3.63) is 239 Å². The number of aryl methyl sites for hydroxylation is 5. The Labute approximate surface area is 654 Å². The van der Waals surface area contributed by atoms with Crippen molar-refractivity contribution >= 4 is 131 Å². The molecule has 2 aliphatic rings. The van der Waals surface area contributed by atoms with E-state index in [1.54, 1.807) is 54.7 Å². The van der Waals surface area contributed by atoms with E-state index < -0.39 is 17.5 Å². The van der Waals surface area contributed by atoms with Gasteiger partial charge in [0.2, 0.25) is 0 Å². The molecule has 0 bridgehead atoms. The second-order valence-corrected chi connectivity index (χ2v) is 29.3. The van der Waals surface area contributed by atoms with E-state index in [2.05, 4.69) is 105 Å². The van der Waals surface area contributed by atoms with Gasteiger partial charge in [-0.05, 0) is 182 Å². The van der Waals surface area contributed by atoms with Gasteiger partial charge in [0.05, 0.1) is 71.5 Å². The Morgan fingerprint density at radius 1 is 0.388 bits per heavy atom. The fraction of sp³-hybridized carbons (Fsp3) is 0.182. The number of halogens is 3. The molecule has 2 aliphatic heterocycles. The lowest BCUT2D eigenvalue weighted by Crippen LogP contribution is -2.29. The molecule has 28 heteroatoms. The molecule has 0 radical (unpaired) electrons. The number of pyridine rings is 8. The van der Waals surface area contributed by atoms with Crippen molar-refractivity contribution in [3.8, 4) is 62.3 Å². The van der Waals surface area contributed by atoms with E-state index in [0.29, 0.717) is 73.1 Å². The van der Waals surface area contributed by atoms with Gasteiger partial charge in [-0.3, -0.25) is 39.6 Å². The van der Waals surface area contributed by atoms with Gasteiger partial charge in [0.1, 0.15) is 34.7 Å². The van der Waals surface area contributed by atoms with Crippen LogP contribution in [0.4, 0.5) is 24.5 Å². The van der Waals surface area contributed by atoms with Gasteiger partial charge in [-0.25, -0.2) is 33.1 Å². The largest absolute Gasteiger partial charge is 0.508 e. The number of H-pyrrole nitrogens is 7. The summed E-state index contributed by atoms with van der Waals surface area (Å²) < 4.78 is 44.5. The Kier molecular flexibility index (Phi) is 18.4. The SMILES string of the molecule is CCn1c(=O)c2c(-c3ccc(O)cc3)nc3n[nH]c(C)c3c2c2ccc(N3CCCCC3)cc21.Cc1[nH]nc2nc(-c3cc(F)cc(F)c3)c3c(=O)[nH]c4cc(N5CCCCC5)ccc4c3c12.Cc1[nH]nc2nc(-c3ccc(O)cc3)c3c(=O)[nH]ccc3c12.Cc1[nH]nc2nc(-c3ccc(O)cc3F)c3c(=O)[nH]c4ccccc4c3c12. The summed E-state index contributed by atoms with van der Waals surface area (Å²) in [5, 5.41) is 68.3. The van der Waals surface area contributed by atoms with Crippen molar-refractivity contribution in [2.75, 3.05) is 36.0 Å². The minimum Gasteiger partial charge on any atom is -0.508 e. The monoisotopic (exact) mass is 1550 g/mol. The van der Waals surface area contributed by atoms with Crippen LogP contribution in [0.5, 0.6) is 17.2 Å². The lowest BCUT2D eigenvalue weighted by Gasteiger charge is -2.29. The van der Waals surface area contributed by atoms with Crippen LogP contribution in [0.25, 0.3) is 165 Å². The molecule has 7 aromatic carbocycles. The number of anilines is 2. The molecular formula is C88H73F3N18O7. The molecule has 0 aliphatic carbocycles. The predicted octanol–water partition coefficient (Wildman–Crippen LogP) is 16.6. The van der Waals surface area contributed by atoms with E-state index in [1.165, 1.54) is 55.6 Å². The molecule has 0 saturated carbocycles. The number of fused-ring (bicyclic) bond motifs is 18. The summed E-state index contributed by atoms with van der Waals surface area (Å²) in [5.41, 5.74) is 12.2. The van der Waals surface area contributed by atoms with E-state index in [9.17, 15) is 47.7 Å². The summed E-state index contributed by atoms with van der Waals surface area (Å²) in [6.45, 7) is 14.3. The lowest BCUT2D eigenvalue weighted by molar-refractivity contribution is 0.469. The van der Waals surface area contributed by atoms with Crippen LogP contribution < -0.4 is 32.0 Å². The molecule has 12 aromatic heterocycles. The number of phenolic OH excluding ortho intramolecular Hbond substituents is 3. The number of rotatable bonds is 7. The predicted molar refractivity (Wildman–Crippen MR) is 448 cm³/mol. The number of hydrogen-bond acceptors (Lipinski definition) is 17. The zero-order valence-corrected chi connectivity index (χ0v) is 63.3. The second kappa shape index (κ2) is 29.2. The highest BCUT2D eigenvalue weighted by molar-refractivity contribution is 6.24. The molecule has 2 fully saturated rings. The van der Waals surface area contributed by atoms with Crippen LogP contribution in [0, 0.1) is 45.1 Å². The quantitative estimate of drug-likeness (QED) is 0.0663. The Hall–Kier alpha value is -14.6. The highest BCUT2D eigenvalue weighted by atomic mass is 19.1. The van der Waals surface area contributed by atoms with Gasteiger partial charge in [0, 0.05) is 156 Å². The number of nitrogens with zero attached hydrogens (tertiary/aromatic N) is 11. The van der Waals surface area contributed by atoms with Gasteiger partial charge in [0.15, 0.2) is 22.6 Å². The first-order valence-corrected chi connectivity index (χ1v) is 38.1. The van der Waals surface area contributed by atoms with Crippen molar-refractivity contribution in [2.45, 2.75) is 79.7 Å². The number of hydrogen-bond donors (Lipinski definition) is 10. The molecular weight excluding hydrogens is 1480 g/mol. The first-order valence-electron chi connectivity index (χ1n) is 38.1. The molecule has 578 valence electrons. The number of aromatic amines is 7. The van der Waals surface area contributed by atoms with Crippen LogP contribution in [0.15, 0.2) is 177 Å². The maximum absolute atomic E-state index is 14.6. The molecule has 0 unspecified atom stereocenters. The molecule has 10 N–H and O–H groups in total. The van der Waals surface area contributed by atoms with Crippen LogP contribution in [0.2, 0.25) is 0 Å². The minimum atomic E-state index is -0.735. The molecule has 21 rings (SSSR count). The number of benzene rings is 7. The van der Waals surface area contributed by atoms with Crippen molar-refractivity contribution in [3.63, 3.8) is 0 Å². The standard InChI is InChI=1S/C27H27N5O2.C25H21F2N5O.C20H13FN4O2.C16H12N4O2/c1-3-32-21-15-18(31-13-5-4-6-14-31)9-12-20(21)23-22-16(2)29-30-26(22)28-25(24(23)27(32)34)17-7-10-19(33)11-8-17;1-13-20-21-18-6-5-17(32-7-3-2-4-8-32)12-19(18)28-25(33)22(21)23(29-24(20)31-30-13)14-9-15(26)11-16(27)10-14;1-9-15-16-12-4-2-3-5-14(12)22-20(27)17(16)18(23-19(15)25-24-9)11-7-6-10(26)8-13(11)21;1-8-12-11-6-7-17-16(22)13(11)14(18-15(12)20-19-8)9-2-4-10(21)5-3-9/h7-12,15,33H,3-6,13-14H2,1-2H3,(H,28,29,30);5-6,9-12H,2-4,7-8H2,1H3,(H,28,33)(H,29,30,31);2-8,26H,1H3,(H,22,27)(H,23,24,25);2-7,21H,1H3,(H,17,22)(H,18,19,20). The number of phenols is 3. The topological polar surface area (TPSA) is 354 Å². The van der Waals surface area contributed by atoms with E-state index in [1.807, 2.05) is 81.7 Å². The highest BCUT2D eigenvalue weighted by Gasteiger charge is 2.27. The Bertz CT molecular complexity index is 7460. The van der Waals surface area contributed by atoms with Crippen molar-refractivity contribution in [2.24, 2.45) is 0 Å². The summed E-state index contributed by atoms with van der Waals surface area (Å²) in [6, 6.07) is 42.2. The Balaban J connectivity index is 0.000000108. The second-order valence-electron chi connectivity index (χ2n) is 29.3. The number of piperidine rings is 2. The molecule has 0 atom stereocenters. The third-order valence-electron chi connectivity index (χ3n) is 22.1. The summed E-state index contributed by atoms with van der Waals surface area (Å²) >= 11 is 0. The third-order valence-corrected chi connectivity index (χ3v) is 22.1. The van der Waals surface area contributed by atoms with Gasteiger partial charge < -0.3 is 44.6 Å². The fourth-order valence-electron chi connectivity index (χ4n) is 16.7. The minimum absolute atomic E-state index is 0.0566. The van der Waals surface area contributed by atoms with E-state index >= 15 is 0 Å². The summed E-state index contributed by atoms with van der Waals surface area (Å²) in [6.07, 6.45) is 8.84. The maximum Gasteiger partial charge on any atom is 0.261 e. The first-order chi connectivity index (χ1) is 56.2. The molecule has 25 nitrogen and oxygen atoms in total. The molecule has 14 heterocycles. The van der Waals surface area contributed by atoms with Gasteiger partial charge in [-0.15, -0.1) is 0 Å². The summed E-state index contributed by atoms with van der Waals surface area (Å²) in [5.74, 6) is -1.99. The van der Waals surface area contributed by atoms with Gasteiger partial charge in [0.25, 0.3) is 22.2 Å². The van der Waals surface area contributed by atoms with Gasteiger partial charge in [-0.2, -0.15) is 20.4 Å². The molecule has 2 saturated heterocycles. The molecule has 0 amide bonds. The van der Waals surface area contributed by atoms with Gasteiger partial charge >= 0.3 is 0 Å². The average Bonchev–Trinajstić information content (AvgIpc) is 1.20. The zero-order valence-electron chi connectivity index (χ0n) is 63.3. The molecule has 19 aromatic rings. The van der Waals surface area contributed by atoms with Crippen LogP contribution in [0.1, 0.15) is 68.2 Å². The van der Waals surface area contributed by atoms with Crippen molar-refractivity contribution in [1.82, 2.24) is 80.2 Å². The van der Waals surface area contributed by atoms with Gasteiger partial charge in [-0.1, -0.05) is 30.3 Å². The van der Waals surface area contributed by atoms with Crippen LogP contribution in [-0.2, 0) is 6.54 Å². The fourth-order valence-corrected chi connectivity index (χ4v) is 16.7. The summed E-state index contributed by atoms with van der Waals surface area (Å²) in [7, 11) is 0. The number of nitrogens with one attached hydrogen (secondary N) is 7. The Morgan fingerprint density at radius 2 is 0.845 bits per heavy atom. The third kappa shape index (κ3) is 12.7. The van der Waals surface area contributed by atoms with E-state index in [4.69, 9.17) is 4.98 Å². The summed E-state index contributed by atoms with van der Waals surface area (Å²) in [4.78, 5) is 84.3. The lowest BCUT2D eigenvalue weighted by atomic mass is 9.98. The van der Waals surface area contributed by atoms with Crippen LogP contribution in [0.3, 0.4) is 0 Å². The smallest absolute Gasteiger partial charge is 0.261 e. The highest BCUT2D eigenvalue weighted by Crippen LogP contribution is 2.42. The van der Waals surface area contributed by atoms with Crippen molar-refractivity contribution in [1.29, 1.82) is 0 Å². The molecule has 116 heavy (non-hydrogen) atoms. The normalized spacial score (nSPS) is 13.2. The number of para-hydroxylation sites is 1. The van der Waals surface area contributed by atoms with Crippen LogP contribution in [-0.4, -0.2) is 122 Å². The number of aromatic hydroxyl groups is 3. The Morgan fingerprint density at radius 3 is 1.40 bits per heavy atom. The van der Waals surface area contributed by atoms with Crippen molar-refractivity contribution < 1.29 is 28.5 Å². The zero-order chi connectivity index (χ0) is 80.1. The van der Waals surface area contributed by atoms with E-state index in [-0.39, 0.29) is 72.8 Å². The number of aromatic nitrogens is 16. The maximum atomic E-state index is 14.6.